The number of hydrogen-bond acceptors (Lipinski definition) is 2. The number of ether oxygens (including phenoxy) is 1. The van der Waals surface area contributed by atoms with Crippen LogP contribution in [0.2, 0.25) is 0 Å². The highest BCUT2D eigenvalue weighted by molar-refractivity contribution is 6.18. The van der Waals surface area contributed by atoms with Crippen LogP contribution in [-0.2, 0) is 4.74 Å². The molecule has 0 aromatic heterocycles. The molecule has 0 unspecified atom stereocenters. The van der Waals surface area contributed by atoms with E-state index in [1.165, 1.54) is 0 Å². The van der Waals surface area contributed by atoms with Crippen LogP contribution >= 0.6 is 23.2 Å². The van der Waals surface area contributed by atoms with Gasteiger partial charge >= 0.3 is 0 Å². The summed E-state index contributed by atoms with van der Waals surface area (Å²) in [6.07, 6.45) is 3.57. The Morgan fingerprint density at radius 1 is 1.12 bits per heavy atom. The first kappa shape index (κ1) is 14.2. The van der Waals surface area contributed by atoms with Crippen LogP contribution in [0.4, 0.5) is 5.69 Å². The van der Waals surface area contributed by atoms with Gasteiger partial charge < -0.3 is 9.64 Å². The van der Waals surface area contributed by atoms with Crippen LogP contribution in [0.15, 0.2) is 30.5 Å². The standard InChI is InChI=1S/C13H17Cl2NO/c1-17-11-6-12-2-4-13(5-3-12)16(9-7-14)10-8-15/h2-6,11H,7-10H2,1H3. The van der Waals surface area contributed by atoms with E-state index in [1.54, 1.807) is 13.4 Å². The molecular weight excluding hydrogens is 257 g/mol. The van der Waals surface area contributed by atoms with E-state index in [2.05, 4.69) is 17.0 Å². The molecule has 0 heterocycles. The molecule has 0 amide bonds. The SMILES string of the molecule is COC=Cc1ccc(N(CCCl)CCCl)cc1. The highest BCUT2D eigenvalue weighted by Gasteiger charge is 2.04. The van der Waals surface area contributed by atoms with Crippen molar-refractivity contribution in [1.29, 1.82) is 0 Å². The number of methoxy groups -OCH3 is 1. The third-order valence-corrected chi connectivity index (χ3v) is 2.70. The maximum atomic E-state index is 5.77. The van der Waals surface area contributed by atoms with Gasteiger partial charge in [0.1, 0.15) is 0 Å². The fourth-order valence-corrected chi connectivity index (χ4v) is 1.92. The van der Waals surface area contributed by atoms with E-state index in [0.717, 1.165) is 24.3 Å². The molecule has 0 aliphatic heterocycles. The van der Waals surface area contributed by atoms with Crippen molar-refractivity contribution >= 4 is 35.0 Å². The molecule has 0 aliphatic rings. The number of benzene rings is 1. The lowest BCUT2D eigenvalue weighted by molar-refractivity contribution is 0.341. The molecule has 1 rings (SSSR count). The second kappa shape index (κ2) is 8.26. The Morgan fingerprint density at radius 2 is 1.71 bits per heavy atom. The molecule has 0 radical (unpaired) electrons. The van der Waals surface area contributed by atoms with E-state index in [1.807, 2.05) is 18.2 Å². The van der Waals surface area contributed by atoms with Crippen molar-refractivity contribution in [2.45, 2.75) is 0 Å². The Labute approximate surface area is 113 Å². The summed E-state index contributed by atoms with van der Waals surface area (Å²) < 4.78 is 4.87. The first-order valence-electron chi connectivity index (χ1n) is 5.48. The van der Waals surface area contributed by atoms with Crippen molar-refractivity contribution in [1.82, 2.24) is 0 Å². The minimum Gasteiger partial charge on any atom is -0.504 e. The number of halogens is 2. The van der Waals surface area contributed by atoms with Crippen molar-refractivity contribution in [2.24, 2.45) is 0 Å². The van der Waals surface area contributed by atoms with Crippen molar-refractivity contribution in [2.75, 3.05) is 36.9 Å². The number of hydrogen-bond donors (Lipinski definition) is 0. The Bertz CT molecular complexity index is 332. The highest BCUT2D eigenvalue weighted by atomic mass is 35.5. The summed E-state index contributed by atoms with van der Waals surface area (Å²) in [5.41, 5.74) is 2.24. The average molecular weight is 274 g/mol. The van der Waals surface area contributed by atoms with Gasteiger partial charge in [0.2, 0.25) is 0 Å². The predicted octanol–water partition coefficient (Wildman–Crippen LogP) is 3.59. The van der Waals surface area contributed by atoms with Gasteiger partial charge in [0.15, 0.2) is 0 Å². The highest BCUT2D eigenvalue weighted by Crippen LogP contribution is 2.16. The van der Waals surface area contributed by atoms with Gasteiger partial charge in [0, 0.05) is 30.5 Å². The molecule has 0 N–H and O–H groups in total. The van der Waals surface area contributed by atoms with Crippen LogP contribution in [0.5, 0.6) is 0 Å². The zero-order chi connectivity index (χ0) is 12.5. The predicted molar refractivity (Wildman–Crippen MR) is 76.1 cm³/mol. The van der Waals surface area contributed by atoms with Crippen LogP contribution in [-0.4, -0.2) is 32.0 Å². The van der Waals surface area contributed by atoms with Crippen LogP contribution in [0.25, 0.3) is 6.08 Å². The second-order valence-electron chi connectivity index (χ2n) is 3.49. The number of rotatable bonds is 7. The molecule has 0 spiro atoms. The van der Waals surface area contributed by atoms with Gasteiger partial charge in [-0.3, -0.25) is 0 Å². The fourth-order valence-electron chi connectivity index (χ4n) is 1.52. The lowest BCUT2D eigenvalue weighted by atomic mass is 10.2. The monoisotopic (exact) mass is 273 g/mol. The summed E-state index contributed by atoms with van der Waals surface area (Å²) >= 11 is 11.5. The first-order valence-corrected chi connectivity index (χ1v) is 6.55. The molecule has 94 valence electrons. The summed E-state index contributed by atoms with van der Waals surface area (Å²) in [5.74, 6) is 1.20. The van der Waals surface area contributed by atoms with Gasteiger partial charge in [-0.25, -0.2) is 0 Å². The topological polar surface area (TPSA) is 12.5 Å². The smallest absolute Gasteiger partial charge is 0.0830 e. The molecule has 0 atom stereocenters. The zero-order valence-corrected chi connectivity index (χ0v) is 11.4. The maximum absolute atomic E-state index is 5.77. The zero-order valence-electron chi connectivity index (χ0n) is 9.90. The molecule has 0 aliphatic carbocycles. The minimum atomic E-state index is 0.599. The van der Waals surface area contributed by atoms with Crippen molar-refractivity contribution < 1.29 is 4.74 Å². The Morgan fingerprint density at radius 3 is 2.18 bits per heavy atom. The quantitative estimate of drug-likeness (QED) is 0.556. The molecule has 17 heavy (non-hydrogen) atoms. The van der Waals surface area contributed by atoms with E-state index >= 15 is 0 Å². The summed E-state index contributed by atoms with van der Waals surface area (Å²) in [4.78, 5) is 2.17. The fraction of sp³-hybridized carbons (Fsp3) is 0.385. The largest absolute Gasteiger partial charge is 0.504 e. The van der Waals surface area contributed by atoms with E-state index in [4.69, 9.17) is 27.9 Å². The molecule has 0 bridgehead atoms. The van der Waals surface area contributed by atoms with Gasteiger partial charge in [0.05, 0.1) is 13.4 Å². The summed E-state index contributed by atoms with van der Waals surface area (Å²) in [7, 11) is 1.63. The van der Waals surface area contributed by atoms with E-state index in [9.17, 15) is 0 Å². The van der Waals surface area contributed by atoms with Crippen molar-refractivity contribution in [3.05, 3.63) is 36.1 Å². The van der Waals surface area contributed by atoms with E-state index in [0.29, 0.717) is 11.8 Å². The van der Waals surface area contributed by atoms with E-state index < -0.39 is 0 Å². The molecule has 0 saturated carbocycles. The molecule has 1 aromatic carbocycles. The number of alkyl halides is 2. The van der Waals surface area contributed by atoms with Crippen LogP contribution in [0.3, 0.4) is 0 Å². The second-order valence-corrected chi connectivity index (χ2v) is 4.25. The van der Waals surface area contributed by atoms with Crippen molar-refractivity contribution in [3.63, 3.8) is 0 Å². The van der Waals surface area contributed by atoms with Gasteiger partial charge in [-0.05, 0) is 23.8 Å². The average Bonchev–Trinajstić information content (AvgIpc) is 2.37. The summed E-state index contributed by atoms with van der Waals surface area (Å²) in [6, 6.07) is 8.21. The Balaban J connectivity index is 2.72. The Kier molecular flexibility index (Phi) is 6.90. The number of anilines is 1. The molecule has 4 heteroatoms. The third kappa shape index (κ3) is 4.88. The van der Waals surface area contributed by atoms with Crippen LogP contribution in [0, 0.1) is 0 Å². The number of nitrogens with zero attached hydrogens (tertiary/aromatic N) is 1. The summed E-state index contributed by atoms with van der Waals surface area (Å²) in [5, 5.41) is 0. The van der Waals surface area contributed by atoms with Gasteiger partial charge in [0.25, 0.3) is 0 Å². The van der Waals surface area contributed by atoms with Crippen LogP contribution < -0.4 is 4.90 Å². The normalized spacial score (nSPS) is 10.8. The summed E-state index contributed by atoms with van der Waals surface area (Å²) in [6.45, 7) is 1.61. The van der Waals surface area contributed by atoms with Gasteiger partial charge in [-0.15, -0.1) is 23.2 Å². The molecular formula is C13H17Cl2NO. The lowest BCUT2D eigenvalue weighted by Gasteiger charge is -2.22. The molecule has 0 fully saturated rings. The van der Waals surface area contributed by atoms with Crippen molar-refractivity contribution in [3.8, 4) is 0 Å². The van der Waals surface area contributed by atoms with Crippen LogP contribution in [0.1, 0.15) is 5.56 Å². The molecule has 0 saturated heterocycles. The maximum Gasteiger partial charge on any atom is 0.0830 e. The minimum absolute atomic E-state index is 0.599. The third-order valence-electron chi connectivity index (χ3n) is 2.36. The van der Waals surface area contributed by atoms with Gasteiger partial charge in [-0.2, -0.15) is 0 Å². The lowest BCUT2D eigenvalue weighted by Crippen LogP contribution is -2.27. The molecule has 1 aromatic rings. The Hall–Kier alpha value is -0.860. The van der Waals surface area contributed by atoms with E-state index in [-0.39, 0.29) is 0 Å². The molecule has 2 nitrogen and oxygen atoms in total. The van der Waals surface area contributed by atoms with Gasteiger partial charge in [-0.1, -0.05) is 12.1 Å². The first-order chi connectivity index (χ1) is 8.31.